The first kappa shape index (κ1) is 16.9. The number of hydrogen-bond acceptors (Lipinski definition) is 4. The van der Waals surface area contributed by atoms with Crippen LogP contribution in [0.3, 0.4) is 0 Å². The van der Waals surface area contributed by atoms with E-state index in [0.717, 1.165) is 0 Å². The number of rotatable bonds is 4. The van der Waals surface area contributed by atoms with Gasteiger partial charge >= 0.3 is 0 Å². The summed E-state index contributed by atoms with van der Waals surface area (Å²) in [5, 5.41) is 13.7. The van der Waals surface area contributed by atoms with E-state index in [1.165, 1.54) is 6.07 Å². The molecule has 0 saturated heterocycles. The highest BCUT2D eigenvalue weighted by atomic mass is 79.9. The molecule has 0 radical (unpaired) electrons. The number of nitrogens with one attached hydrogen (secondary N) is 1. The summed E-state index contributed by atoms with van der Waals surface area (Å²) in [5.41, 5.74) is 2.54. The maximum Gasteiger partial charge on any atom is 0.240 e. The Bertz CT molecular complexity index is 603. The summed E-state index contributed by atoms with van der Waals surface area (Å²) >= 11 is 3.28. The third-order valence-electron chi connectivity index (χ3n) is 3.12. The Morgan fingerprint density at radius 1 is 1.55 bits per heavy atom. The summed E-state index contributed by atoms with van der Waals surface area (Å²) in [6.07, 6.45) is 0.315. The number of benzene rings is 1. The smallest absolute Gasteiger partial charge is 0.240 e. The Labute approximate surface area is 136 Å². The summed E-state index contributed by atoms with van der Waals surface area (Å²) in [5.74, 6) is -0.761. The van der Waals surface area contributed by atoms with E-state index in [1.807, 2.05) is 6.92 Å². The van der Waals surface area contributed by atoms with E-state index in [1.54, 1.807) is 19.9 Å². The Hall–Kier alpha value is -1.47. The lowest BCUT2D eigenvalue weighted by molar-refractivity contribution is -0.121. The van der Waals surface area contributed by atoms with E-state index in [-0.39, 0.29) is 24.2 Å². The molecule has 1 aromatic rings. The van der Waals surface area contributed by atoms with E-state index in [4.69, 9.17) is 4.74 Å². The first-order valence-electron chi connectivity index (χ1n) is 6.88. The predicted molar refractivity (Wildman–Crippen MR) is 84.4 cm³/mol. The van der Waals surface area contributed by atoms with Gasteiger partial charge in [-0.3, -0.25) is 4.79 Å². The van der Waals surface area contributed by atoms with Crippen LogP contribution in [0.2, 0.25) is 0 Å². The number of carbonyl (C=O) groups is 1. The first-order valence-corrected chi connectivity index (χ1v) is 7.67. The molecule has 0 saturated carbocycles. The number of halogens is 2. The van der Waals surface area contributed by atoms with E-state index in [2.05, 4.69) is 26.5 Å². The summed E-state index contributed by atoms with van der Waals surface area (Å²) in [7, 11) is 0. The third-order valence-corrected chi connectivity index (χ3v) is 3.71. The molecule has 2 rings (SSSR count). The molecule has 1 aliphatic rings. The van der Waals surface area contributed by atoms with Crippen molar-refractivity contribution in [3.63, 3.8) is 0 Å². The van der Waals surface area contributed by atoms with Gasteiger partial charge in [0.15, 0.2) is 11.6 Å². The highest BCUT2D eigenvalue weighted by Gasteiger charge is 2.24. The van der Waals surface area contributed by atoms with Gasteiger partial charge in [-0.05, 0) is 41.9 Å². The van der Waals surface area contributed by atoms with Crippen molar-refractivity contribution >= 4 is 27.5 Å². The molecular weight excluding hydrogens is 355 g/mol. The minimum absolute atomic E-state index is 0.0325. The highest BCUT2D eigenvalue weighted by molar-refractivity contribution is 9.10. The number of aliphatic hydroxyl groups is 1. The van der Waals surface area contributed by atoms with E-state index >= 15 is 0 Å². The van der Waals surface area contributed by atoms with Gasteiger partial charge in [0.05, 0.1) is 15.8 Å². The van der Waals surface area contributed by atoms with E-state index < -0.39 is 11.4 Å². The zero-order chi connectivity index (χ0) is 16.5. The SMILES string of the molecule is CC1CC(=O)NN=C1c1cc(F)c(OCC(C)(C)O)c(Br)c1. The molecule has 1 aromatic carbocycles. The van der Waals surface area contributed by atoms with Crippen LogP contribution in [-0.2, 0) is 4.79 Å². The number of amides is 1. The molecule has 1 heterocycles. The van der Waals surface area contributed by atoms with Crippen LogP contribution in [0.1, 0.15) is 32.8 Å². The Balaban J connectivity index is 2.28. The second-order valence-corrected chi connectivity index (χ2v) is 6.86. The Morgan fingerprint density at radius 3 is 2.77 bits per heavy atom. The van der Waals surface area contributed by atoms with Crippen LogP contribution in [0.5, 0.6) is 5.75 Å². The number of nitrogens with zero attached hydrogens (tertiary/aromatic N) is 1. The fraction of sp³-hybridized carbons (Fsp3) is 0.467. The third kappa shape index (κ3) is 4.04. The molecular formula is C15H18BrFN2O3. The molecule has 1 unspecified atom stereocenters. The minimum Gasteiger partial charge on any atom is -0.486 e. The summed E-state index contributed by atoms with van der Waals surface area (Å²) in [6.45, 7) is 4.99. The molecule has 0 bridgehead atoms. The van der Waals surface area contributed by atoms with Gasteiger partial charge < -0.3 is 9.84 Å². The number of ether oxygens (including phenoxy) is 1. The van der Waals surface area contributed by atoms with Gasteiger partial charge in [0.1, 0.15) is 6.61 Å². The van der Waals surface area contributed by atoms with E-state index in [9.17, 15) is 14.3 Å². The molecule has 120 valence electrons. The summed E-state index contributed by atoms with van der Waals surface area (Å²) in [6, 6.07) is 3.01. The maximum absolute atomic E-state index is 14.3. The molecule has 1 atom stereocenters. The molecule has 2 N–H and O–H groups in total. The number of hydrogen-bond donors (Lipinski definition) is 2. The van der Waals surface area contributed by atoms with Crippen LogP contribution in [-0.4, -0.2) is 28.9 Å². The zero-order valence-corrected chi connectivity index (χ0v) is 14.2. The monoisotopic (exact) mass is 372 g/mol. The van der Waals surface area contributed by atoms with Crippen molar-refractivity contribution in [1.82, 2.24) is 5.43 Å². The fourth-order valence-corrected chi connectivity index (χ4v) is 2.65. The predicted octanol–water partition coefficient (Wildman–Crippen LogP) is 2.60. The van der Waals surface area contributed by atoms with Gasteiger partial charge in [0, 0.05) is 17.9 Å². The van der Waals surface area contributed by atoms with Gasteiger partial charge in [0.25, 0.3) is 0 Å². The zero-order valence-electron chi connectivity index (χ0n) is 12.6. The molecule has 5 nitrogen and oxygen atoms in total. The van der Waals surface area contributed by atoms with Gasteiger partial charge in [-0.1, -0.05) is 6.92 Å². The highest BCUT2D eigenvalue weighted by Crippen LogP contribution is 2.32. The average Bonchev–Trinajstić information content (AvgIpc) is 2.36. The van der Waals surface area contributed by atoms with Crippen LogP contribution in [0.25, 0.3) is 0 Å². The quantitative estimate of drug-likeness (QED) is 0.853. The normalized spacial score (nSPS) is 18.7. The van der Waals surface area contributed by atoms with Crippen molar-refractivity contribution < 1.29 is 19.0 Å². The molecule has 1 amide bonds. The van der Waals surface area contributed by atoms with Gasteiger partial charge in [-0.2, -0.15) is 5.10 Å². The van der Waals surface area contributed by atoms with Gasteiger partial charge in [-0.25, -0.2) is 9.82 Å². The Kier molecular flexibility index (Phi) is 4.87. The second-order valence-electron chi connectivity index (χ2n) is 6.01. The fourth-order valence-electron chi connectivity index (χ4n) is 2.10. The number of hydrazone groups is 1. The number of carbonyl (C=O) groups excluding carboxylic acids is 1. The van der Waals surface area contributed by atoms with Crippen LogP contribution >= 0.6 is 15.9 Å². The summed E-state index contributed by atoms with van der Waals surface area (Å²) in [4.78, 5) is 11.3. The lowest BCUT2D eigenvalue weighted by Crippen LogP contribution is -2.32. The second kappa shape index (κ2) is 6.34. The van der Waals surface area contributed by atoms with Crippen molar-refractivity contribution in [2.45, 2.75) is 32.8 Å². The largest absolute Gasteiger partial charge is 0.486 e. The molecule has 7 heteroatoms. The van der Waals surface area contributed by atoms with Gasteiger partial charge in [0.2, 0.25) is 5.91 Å². The first-order chi connectivity index (χ1) is 10.2. The van der Waals surface area contributed by atoms with Crippen LogP contribution in [0, 0.1) is 11.7 Å². The van der Waals surface area contributed by atoms with Crippen molar-refractivity contribution in [3.8, 4) is 5.75 Å². The standard InChI is InChI=1S/C15H18BrFN2O3/c1-8-4-12(20)18-19-13(8)9-5-10(16)14(11(17)6-9)22-7-15(2,3)21/h5-6,8,21H,4,7H2,1-3H3,(H,18,20). The molecule has 0 aliphatic carbocycles. The molecule has 0 fully saturated rings. The van der Waals surface area contributed by atoms with Crippen molar-refractivity contribution in [2.24, 2.45) is 11.0 Å². The lowest BCUT2D eigenvalue weighted by Gasteiger charge is -2.21. The van der Waals surface area contributed by atoms with Gasteiger partial charge in [-0.15, -0.1) is 0 Å². The Morgan fingerprint density at radius 2 is 2.23 bits per heavy atom. The van der Waals surface area contributed by atoms with Crippen molar-refractivity contribution in [1.29, 1.82) is 0 Å². The molecule has 1 aliphatic heterocycles. The molecule has 0 aromatic heterocycles. The van der Waals surface area contributed by atoms with E-state index in [0.29, 0.717) is 22.2 Å². The van der Waals surface area contributed by atoms with Crippen LogP contribution in [0.15, 0.2) is 21.7 Å². The lowest BCUT2D eigenvalue weighted by atomic mass is 9.94. The summed E-state index contributed by atoms with van der Waals surface area (Å²) < 4.78 is 20.0. The topological polar surface area (TPSA) is 70.9 Å². The van der Waals surface area contributed by atoms with Crippen LogP contribution in [0.4, 0.5) is 4.39 Å². The minimum atomic E-state index is -1.06. The van der Waals surface area contributed by atoms with Crippen LogP contribution < -0.4 is 10.2 Å². The average molecular weight is 373 g/mol. The van der Waals surface area contributed by atoms with Crippen molar-refractivity contribution in [2.75, 3.05) is 6.61 Å². The maximum atomic E-state index is 14.3. The van der Waals surface area contributed by atoms with Crippen molar-refractivity contribution in [3.05, 3.63) is 28.0 Å². The molecule has 22 heavy (non-hydrogen) atoms. The molecule has 0 spiro atoms.